The van der Waals surface area contributed by atoms with Gasteiger partial charge in [0, 0.05) is 18.3 Å². The molecule has 0 unspecified atom stereocenters. The summed E-state index contributed by atoms with van der Waals surface area (Å²) in [6.45, 7) is 0.255. The van der Waals surface area contributed by atoms with E-state index in [9.17, 15) is 8.42 Å². The standard InChI is InChI=1S/C20H19N5O3S/c1-28-18-8-3-2-7-17(18)22-20-23-19-10-9-16(13-25(19)24-20)15-6-4-5-14(11-15)12-21-29(26)27/h2-11,13,29H,12H2,1H3,(H,22,24)(H,21,26,27). The van der Waals surface area contributed by atoms with Gasteiger partial charge in [-0.05, 0) is 41.5 Å². The molecule has 0 aliphatic heterocycles. The third-order valence-electron chi connectivity index (χ3n) is 4.36. The van der Waals surface area contributed by atoms with E-state index in [0.717, 1.165) is 22.4 Å². The van der Waals surface area contributed by atoms with E-state index in [1.54, 1.807) is 11.6 Å². The number of pyridine rings is 1. The number of hydrogen-bond acceptors (Lipinski definition) is 6. The van der Waals surface area contributed by atoms with E-state index in [1.807, 2.05) is 66.9 Å². The number of fused-ring (bicyclic) bond motifs is 1. The maximum absolute atomic E-state index is 10.7. The van der Waals surface area contributed by atoms with Crippen molar-refractivity contribution in [3.63, 3.8) is 0 Å². The molecule has 0 saturated heterocycles. The molecule has 0 atom stereocenters. The molecule has 2 heterocycles. The van der Waals surface area contributed by atoms with Crippen molar-refractivity contribution in [2.24, 2.45) is 0 Å². The van der Waals surface area contributed by atoms with Gasteiger partial charge in [-0.25, -0.2) is 17.7 Å². The lowest BCUT2D eigenvalue weighted by molar-refractivity contribution is 0.417. The Labute approximate surface area is 169 Å². The largest absolute Gasteiger partial charge is 0.495 e. The van der Waals surface area contributed by atoms with Crippen LogP contribution in [0.1, 0.15) is 5.56 Å². The Balaban J connectivity index is 1.61. The monoisotopic (exact) mass is 409 g/mol. The van der Waals surface area contributed by atoms with Crippen molar-refractivity contribution in [3.8, 4) is 16.9 Å². The first-order valence-corrected chi connectivity index (χ1v) is 10.0. The fourth-order valence-electron chi connectivity index (χ4n) is 2.99. The van der Waals surface area contributed by atoms with Crippen molar-refractivity contribution < 1.29 is 13.2 Å². The van der Waals surface area contributed by atoms with Crippen LogP contribution in [-0.4, -0.2) is 30.1 Å². The Morgan fingerprint density at radius 3 is 2.72 bits per heavy atom. The number of nitrogens with one attached hydrogen (secondary N) is 2. The Morgan fingerprint density at radius 1 is 1.03 bits per heavy atom. The second-order valence-electron chi connectivity index (χ2n) is 6.27. The molecule has 0 spiro atoms. The maximum Gasteiger partial charge on any atom is 0.247 e. The number of benzene rings is 2. The minimum Gasteiger partial charge on any atom is -0.495 e. The van der Waals surface area contributed by atoms with Crippen molar-refractivity contribution in [1.29, 1.82) is 0 Å². The van der Waals surface area contributed by atoms with Crippen molar-refractivity contribution in [2.75, 3.05) is 12.4 Å². The van der Waals surface area contributed by atoms with Crippen LogP contribution in [0.4, 0.5) is 11.6 Å². The molecule has 29 heavy (non-hydrogen) atoms. The highest BCUT2D eigenvalue weighted by atomic mass is 32.2. The SMILES string of the molecule is COc1ccccc1Nc1nc2ccc(-c3cccc(CN[SH](=O)=O)c3)cn2n1. The summed E-state index contributed by atoms with van der Waals surface area (Å²) in [5, 5.41) is 7.67. The lowest BCUT2D eigenvalue weighted by Gasteiger charge is -2.07. The number of nitrogens with zero attached hydrogens (tertiary/aromatic N) is 3. The number of anilines is 2. The molecule has 0 amide bonds. The van der Waals surface area contributed by atoms with Crippen LogP contribution in [0.25, 0.3) is 16.8 Å². The first kappa shape index (κ1) is 18.9. The van der Waals surface area contributed by atoms with E-state index in [4.69, 9.17) is 4.74 Å². The number of rotatable bonds is 7. The summed E-state index contributed by atoms with van der Waals surface area (Å²) in [5.41, 5.74) is 4.26. The van der Waals surface area contributed by atoms with Gasteiger partial charge in [0.15, 0.2) is 5.65 Å². The lowest BCUT2D eigenvalue weighted by Crippen LogP contribution is -2.10. The molecule has 0 fully saturated rings. The Bertz CT molecular complexity index is 1230. The van der Waals surface area contributed by atoms with Gasteiger partial charge in [0.1, 0.15) is 5.75 Å². The number of hydrogen-bond donors (Lipinski definition) is 3. The third kappa shape index (κ3) is 4.36. The van der Waals surface area contributed by atoms with Crippen LogP contribution in [0.15, 0.2) is 66.9 Å². The van der Waals surface area contributed by atoms with Crippen molar-refractivity contribution in [1.82, 2.24) is 19.3 Å². The van der Waals surface area contributed by atoms with Gasteiger partial charge in [0.2, 0.25) is 16.8 Å². The number of ether oxygens (including phenoxy) is 1. The second kappa shape index (κ2) is 8.29. The van der Waals surface area contributed by atoms with Gasteiger partial charge in [-0.15, -0.1) is 5.10 Å². The molecule has 0 radical (unpaired) electrons. The normalized spacial score (nSPS) is 11.1. The molecule has 0 aliphatic carbocycles. The first-order chi connectivity index (χ1) is 14.1. The molecule has 2 aromatic heterocycles. The van der Waals surface area contributed by atoms with Gasteiger partial charge in [-0.1, -0.05) is 30.3 Å². The Morgan fingerprint density at radius 2 is 1.90 bits per heavy atom. The first-order valence-electron chi connectivity index (χ1n) is 8.86. The fraction of sp³-hybridized carbons (Fsp3) is 0.100. The second-order valence-corrected chi connectivity index (χ2v) is 7.10. The van der Waals surface area contributed by atoms with Crippen molar-refractivity contribution in [2.45, 2.75) is 6.54 Å². The highest BCUT2D eigenvalue weighted by molar-refractivity contribution is 7.70. The van der Waals surface area contributed by atoms with Crippen LogP contribution in [0.2, 0.25) is 0 Å². The van der Waals surface area contributed by atoms with E-state index in [1.165, 1.54) is 0 Å². The molecular formula is C20H19N5O3S. The zero-order valence-electron chi connectivity index (χ0n) is 15.6. The molecule has 4 rings (SSSR count). The molecule has 2 N–H and O–H groups in total. The van der Waals surface area contributed by atoms with Crippen LogP contribution in [0.5, 0.6) is 5.75 Å². The molecular weight excluding hydrogens is 390 g/mol. The summed E-state index contributed by atoms with van der Waals surface area (Å²) in [6, 6.07) is 19.1. The van der Waals surface area contributed by atoms with Crippen LogP contribution in [0, 0.1) is 0 Å². The van der Waals surface area contributed by atoms with E-state index in [0.29, 0.717) is 17.3 Å². The molecule has 2 aromatic carbocycles. The summed E-state index contributed by atoms with van der Waals surface area (Å²) < 4.78 is 30.9. The van der Waals surface area contributed by atoms with Gasteiger partial charge >= 0.3 is 0 Å². The van der Waals surface area contributed by atoms with Crippen LogP contribution in [0.3, 0.4) is 0 Å². The quantitative estimate of drug-likeness (QED) is 0.406. The average molecular weight is 409 g/mol. The topological polar surface area (TPSA) is 97.6 Å². The van der Waals surface area contributed by atoms with E-state index in [-0.39, 0.29) is 6.54 Å². The number of aromatic nitrogens is 3. The number of methoxy groups -OCH3 is 1. The zero-order chi connectivity index (χ0) is 20.2. The molecule has 148 valence electrons. The van der Waals surface area contributed by atoms with Gasteiger partial charge in [0.05, 0.1) is 12.8 Å². The molecule has 0 saturated carbocycles. The maximum atomic E-state index is 10.7. The number of para-hydroxylation sites is 2. The summed E-state index contributed by atoms with van der Waals surface area (Å²) in [4.78, 5) is 4.49. The summed E-state index contributed by atoms with van der Waals surface area (Å²) >= 11 is 0. The highest BCUT2D eigenvalue weighted by Crippen LogP contribution is 2.26. The smallest absolute Gasteiger partial charge is 0.247 e. The third-order valence-corrected chi connectivity index (χ3v) is 4.77. The van der Waals surface area contributed by atoms with Crippen LogP contribution >= 0.6 is 0 Å². The minimum absolute atomic E-state index is 0.255. The van der Waals surface area contributed by atoms with E-state index >= 15 is 0 Å². The van der Waals surface area contributed by atoms with Gasteiger partial charge in [0.25, 0.3) is 0 Å². The predicted molar refractivity (Wildman–Crippen MR) is 112 cm³/mol. The summed E-state index contributed by atoms with van der Waals surface area (Å²) in [5.74, 6) is 1.17. The van der Waals surface area contributed by atoms with Gasteiger partial charge in [-0.2, -0.15) is 4.98 Å². The van der Waals surface area contributed by atoms with E-state index < -0.39 is 10.9 Å². The van der Waals surface area contributed by atoms with Crippen molar-refractivity contribution in [3.05, 3.63) is 72.4 Å². The van der Waals surface area contributed by atoms with Crippen LogP contribution in [-0.2, 0) is 17.4 Å². The minimum atomic E-state index is -2.62. The molecule has 4 aromatic rings. The zero-order valence-corrected chi connectivity index (χ0v) is 16.5. The lowest BCUT2D eigenvalue weighted by atomic mass is 10.0. The fourth-order valence-corrected chi connectivity index (χ4v) is 3.30. The molecule has 8 nitrogen and oxygen atoms in total. The van der Waals surface area contributed by atoms with Gasteiger partial charge < -0.3 is 10.1 Å². The predicted octanol–water partition coefficient (Wildman–Crippen LogP) is 2.76. The Kier molecular flexibility index (Phi) is 5.41. The molecule has 9 heteroatoms. The van der Waals surface area contributed by atoms with Gasteiger partial charge in [-0.3, -0.25) is 0 Å². The Hall–Kier alpha value is -3.43. The molecule has 0 bridgehead atoms. The highest BCUT2D eigenvalue weighted by Gasteiger charge is 2.09. The van der Waals surface area contributed by atoms with E-state index in [2.05, 4.69) is 20.1 Å². The average Bonchev–Trinajstić information content (AvgIpc) is 3.14. The summed E-state index contributed by atoms with van der Waals surface area (Å²) in [7, 11) is -1.01. The number of thiol groups is 1. The molecule has 0 aliphatic rings. The summed E-state index contributed by atoms with van der Waals surface area (Å²) in [6.07, 6.45) is 1.89. The van der Waals surface area contributed by atoms with Crippen molar-refractivity contribution >= 4 is 28.2 Å². The van der Waals surface area contributed by atoms with Crippen LogP contribution < -0.4 is 14.8 Å².